The molecule has 1 aromatic heterocycles. The summed E-state index contributed by atoms with van der Waals surface area (Å²) < 4.78 is 6.70. The van der Waals surface area contributed by atoms with Crippen LogP contribution in [-0.4, -0.2) is 39.3 Å². The van der Waals surface area contributed by atoms with Crippen molar-refractivity contribution in [1.82, 2.24) is 14.7 Å². The molecule has 1 aromatic rings. The molecule has 3 rings (SSSR count). The van der Waals surface area contributed by atoms with Crippen molar-refractivity contribution >= 4 is 5.97 Å². The highest BCUT2D eigenvalue weighted by Crippen LogP contribution is 2.25. The van der Waals surface area contributed by atoms with Crippen LogP contribution < -0.4 is 5.56 Å². The van der Waals surface area contributed by atoms with Crippen molar-refractivity contribution in [1.29, 1.82) is 0 Å². The van der Waals surface area contributed by atoms with Gasteiger partial charge in [-0.1, -0.05) is 0 Å². The number of hydrogen-bond acceptors (Lipinski definition) is 5. The van der Waals surface area contributed by atoms with Crippen molar-refractivity contribution < 1.29 is 9.53 Å². The third-order valence-electron chi connectivity index (χ3n) is 4.06. The molecular weight excluding hydrogens is 258 g/mol. The molecule has 0 N–H and O–H groups in total. The maximum atomic E-state index is 11.9. The van der Waals surface area contributed by atoms with Crippen LogP contribution in [0.5, 0.6) is 0 Å². The highest BCUT2D eigenvalue weighted by molar-refractivity contribution is 5.78. The first-order valence-corrected chi connectivity index (χ1v) is 7.13. The molecule has 0 radical (unpaired) electrons. The highest BCUT2D eigenvalue weighted by atomic mass is 16.6. The van der Waals surface area contributed by atoms with Crippen LogP contribution in [0.1, 0.15) is 31.5 Å². The fraction of sp³-hybridized carbons (Fsp3) is 0.643. The fourth-order valence-electron chi connectivity index (χ4n) is 2.99. The maximum Gasteiger partial charge on any atom is 0.323 e. The standard InChI is InChI=1S/C14H19N3O3/c1-3-17-13(18)7-10-8-16(5-4-11(10)15-17)12-6-9(2)20-14(12)19/h7,9,12H,3-6,8H2,1-2H3. The van der Waals surface area contributed by atoms with Crippen molar-refractivity contribution in [3.05, 3.63) is 27.7 Å². The van der Waals surface area contributed by atoms with Gasteiger partial charge in [0.1, 0.15) is 12.1 Å². The molecule has 2 atom stereocenters. The minimum atomic E-state index is -0.174. The van der Waals surface area contributed by atoms with Crippen LogP contribution in [0.2, 0.25) is 0 Å². The summed E-state index contributed by atoms with van der Waals surface area (Å²) in [6.07, 6.45) is 1.49. The second-order valence-electron chi connectivity index (χ2n) is 5.49. The van der Waals surface area contributed by atoms with E-state index in [1.54, 1.807) is 6.07 Å². The number of esters is 1. The second-order valence-corrected chi connectivity index (χ2v) is 5.49. The molecule has 0 saturated carbocycles. The summed E-state index contributed by atoms with van der Waals surface area (Å²) in [5.74, 6) is -0.143. The van der Waals surface area contributed by atoms with Gasteiger partial charge in [0.2, 0.25) is 0 Å². The maximum absolute atomic E-state index is 11.9. The van der Waals surface area contributed by atoms with E-state index in [9.17, 15) is 9.59 Å². The largest absolute Gasteiger partial charge is 0.461 e. The van der Waals surface area contributed by atoms with Gasteiger partial charge in [0.05, 0.1) is 5.69 Å². The van der Waals surface area contributed by atoms with Crippen LogP contribution in [0.15, 0.2) is 10.9 Å². The summed E-state index contributed by atoms with van der Waals surface area (Å²) >= 11 is 0. The number of aryl methyl sites for hydroxylation is 1. The van der Waals surface area contributed by atoms with E-state index in [1.165, 1.54) is 4.68 Å². The van der Waals surface area contributed by atoms with Gasteiger partial charge in [-0.05, 0) is 19.4 Å². The predicted octanol–water partition coefficient (Wildman–Crippen LogP) is 0.325. The van der Waals surface area contributed by atoms with Gasteiger partial charge in [-0.3, -0.25) is 14.5 Å². The molecule has 0 aliphatic carbocycles. The van der Waals surface area contributed by atoms with E-state index >= 15 is 0 Å². The normalized spacial score (nSPS) is 26.4. The van der Waals surface area contributed by atoms with Crippen LogP contribution >= 0.6 is 0 Å². The van der Waals surface area contributed by atoms with Gasteiger partial charge < -0.3 is 4.74 Å². The lowest BCUT2D eigenvalue weighted by Gasteiger charge is -2.30. The number of aromatic nitrogens is 2. The molecule has 2 aliphatic heterocycles. The molecule has 2 unspecified atom stereocenters. The van der Waals surface area contributed by atoms with E-state index < -0.39 is 0 Å². The lowest BCUT2D eigenvalue weighted by Crippen LogP contribution is -2.43. The van der Waals surface area contributed by atoms with E-state index in [0.29, 0.717) is 13.1 Å². The lowest BCUT2D eigenvalue weighted by molar-refractivity contribution is -0.145. The number of carbonyl (C=O) groups is 1. The summed E-state index contributed by atoms with van der Waals surface area (Å²) in [5, 5.41) is 4.39. The van der Waals surface area contributed by atoms with Crippen molar-refractivity contribution in [3.63, 3.8) is 0 Å². The molecule has 0 bridgehead atoms. The highest BCUT2D eigenvalue weighted by Gasteiger charge is 2.37. The third-order valence-corrected chi connectivity index (χ3v) is 4.06. The minimum Gasteiger partial charge on any atom is -0.461 e. The molecule has 2 aliphatic rings. The Kier molecular flexibility index (Phi) is 3.33. The number of nitrogens with zero attached hydrogens (tertiary/aromatic N) is 3. The predicted molar refractivity (Wildman–Crippen MR) is 72.2 cm³/mol. The van der Waals surface area contributed by atoms with E-state index in [-0.39, 0.29) is 23.7 Å². The SMILES string of the molecule is CCn1nc2c(cc1=O)CN(C1CC(C)OC1=O)CC2. The molecule has 0 aromatic carbocycles. The fourth-order valence-corrected chi connectivity index (χ4v) is 2.99. The summed E-state index contributed by atoms with van der Waals surface area (Å²) in [7, 11) is 0. The van der Waals surface area contributed by atoms with Crippen molar-refractivity contribution in [2.45, 2.75) is 51.9 Å². The van der Waals surface area contributed by atoms with Crippen LogP contribution in [0.3, 0.4) is 0 Å². The lowest BCUT2D eigenvalue weighted by atomic mass is 10.0. The molecule has 108 valence electrons. The number of fused-ring (bicyclic) bond motifs is 1. The Labute approximate surface area is 117 Å². The Morgan fingerprint density at radius 3 is 2.90 bits per heavy atom. The Balaban J connectivity index is 1.84. The average molecular weight is 277 g/mol. The number of ether oxygens (including phenoxy) is 1. The third kappa shape index (κ3) is 2.24. The quantitative estimate of drug-likeness (QED) is 0.729. The molecule has 1 saturated heterocycles. The number of hydrogen-bond donors (Lipinski definition) is 0. The number of cyclic esters (lactones) is 1. The molecule has 6 heteroatoms. The van der Waals surface area contributed by atoms with Crippen LogP contribution in [0.25, 0.3) is 0 Å². The first-order valence-electron chi connectivity index (χ1n) is 7.13. The van der Waals surface area contributed by atoms with Gasteiger partial charge >= 0.3 is 5.97 Å². The summed E-state index contributed by atoms with van der Waals surface area (Å²) in [5.41, 5.74) is 1.84. The molecular formula is C14H19N3O3. The molecule has 0 spiro atoms. The molecule has 20 heavy (non-hydrogen) atoms. The Hall–Kier alpha value is -1.69. The van der Waals surface area contributed by atoms with Gasteiger partial charge in [0.25, 0.3) is 5.56 Å². The van der Waals surface area contributed by atoms with Gasteiger partial charge in [-0.25, -0.2) is 4.68 Å². The van der Waals surface area contributed by atoms with Crippen LogP contribution in [0.4, 0.5) is 0 Å². The zero-order valence-electron chi connectivity index (χ0n) is 11.8. The summed E-state index contributed by atoms with van der Waals surface area (Å²) in [4.78, 5) is 25.8. The van der Waals surface area contributed by atoms with Crippen molar-refractivity contribution in [3.8, 4) is 0 Å². The van der Waals surface area contributed by atoms with Crippen LogP contribution in [0, 0.1) is 0 Å². The van der Waals surface area contributed by atoms with Gasteiger partial charge in [-0.15, -0.1) is 0 Å². The zero-order valence-corrected chi connectivity index (χ0v) is 11.8. The van der Waals surface area contributed by atoms with E-state index in [1.807, 2.05) is 13.8 Å². The number of carbonyl (C=O) groups excluding carboxylic acids is 1. The molecule has 1 fully saturated rings. The van der Waals surface area contributed by atoms with Crippen molar-refractivity contribution in [2.75, 3.05) is 6.54 Å². The average Bonchev–Trinajstić information content (AvgIpc) is 2.76. The summed E-state index contributed by atoms with van der Waals surface area (Å²) in [6.45, 7) is 5.80. The van der Waals surface area contributed by atoms with Crippen molar-refractivity contribution in [2.24, 2.45) is 0 Å². The molecule has 3 heterocycles. The van der Waals surface area contributed by atoms with E-state index in [4.69, 9.17) is 4.74 Å². The van der Waals surface area contributed by atoms with E-state index in [2.05, 4.69) is 10.00 Å². The molecule has 6 nitrogen and oxygen atoms in total. The second kappa shape index (κ2) is 5.01. The molecule has 0 amide bonds. The number of rotatable bonds is 2. The van der Waals surface area contributed by atoms with Crippen LogP contribution in [-0.2, 0) is 29.0 Å². The topological polar surface area (TPSA) is 64.4 Å². The first kappa shape index (κ1) is 13.3. The Morgan fingerprint density at radius 1 is 1.45 bits per heavy atom. The van der Waals surface area contributed by atoms with Gasteiger partial charge in [-0.2, -0.15) is 5.10 Å². The van der Waals surface area contributed by atoms with E-state index in [0.717, 1.165) is 30.6 Å². The van der Waals surface area contributed by atoms with Gasteiger partial charge in [0, 0.05) is 38.5 Å². The summed E-state index contributed by atoms with van der Waals surface area (Å²) in [6, 6.07) is 1.48. The zero-order chi connectivity index (χ0) is 14.3. The monoisotopic (exact) mass is 277 g/mol. The Bertz CT molecular complexity index is 596. The Morgan fingerprint density at radius 2 is 2.25 bits per heavy atom. The first-order chi connectivity index (χ1) is 9.58. The van der Waals surface area contributed by atoms with Gasteiger partial charge in [0.15, 0.2) is 0 Å². The smallest absolute Gasteiger partial charge is 0.323 e. The minimum absolute atomic E-state index is 0.0138.